The van der Waals surface area contributed by atoms with E-state index in [1.54, 1.807) is 17.0 Å². The van der Waals surface area contributed by atoms with E-state index in [0.29, 0.717) is 0 Å². The molecule has 0 bridgehead atoms. The Balaban J connectivity index is 1.95. The van der Waals surface area contributed by atoms with Crippen LogP contribution in [0.4, 0.5) is 24.7 Å². The molecule has 30 heavy (non-hydrogen) atoms. The maximum absolute atomic E-state index is 14.2. The van der Waals surface area contributed by atoms with Crippen LogP contribution in [0.5, 0.6) is 0 Å². The maximum Gasteiger partial charge on any atom is 0.259 e. The molecule has 2 heterocycles. The van der Waals surface area contributed by atoms with Crippen molar-refractivity contribution >= 4 is 27.1 Å². The number of amides is 1. The molecular weight excluding hydrogens is 417 g/mol. The van der Waals surface area contributed by atoms with Gasteiger partial charge >= 0.3 is 0 Å². The number of rotatable bonds is 4. The molecule has 0 saturated carbocycles. The molecule has 162 valence electrons. The Kier molecular flexibility index (Phi) is 6.07. The summed E-state index contributed by atoms with van der Waals surface area (Å²) in [6, 6.07) is 6.04. The molecule has 6 nitrogen and oxygen atoms in total. The van der Waals surface area contributed by atoms with Crippen molar-refractivity contribution in [1.82, 2.24) is 4.98 Å². The second-order valence-corrected chi connectivity index (χ2v) is 9.61. The van der Waals surface area contributed by atoms with Gasteiger partial charge in [0.1, 0.15) is 11.6 Å². The molecule has 1 fully saturated rings. The second kappa shape index (κ2) is 8.25. The summed E-state index contributed by atoms with van der Waals surface area (Å²) in [6.45, 7) is 1.71. The largest absolute Gasteiger partial charge is 0.356 e. The molecule has 10 heteroatoms. The molecule has 1 aromatic heterocycles. The normalized spacial score (nSPS) is 18.4. The monoisotopic (exact) mass is 440 g/mol. The zero-order valence-electron chi connectivity index (χ0n) is 16.7. The Bertz CT molecular complexity index is 1070. The Hall–Kier alpha value is -2.62. The van der Waals surface area contributed by atoms with E-state index in [2.05, 4.69) is 10.3 Å². The van der Waals surface area contributed by atoms with Gasteiger partial charge in [-0.1, -0.05) is 6.07 Å². The Morgan fingerprint density at radius 1 is 1.30 bits per heavy atom. The van der Waals surface area contributed by atoms with Crippen LogP contribution in [0.1, 0.15) is 35.2 Å². The van der Waals surface area contributed by atoms with E-state index >= 15 is 0 Å². The third-order valence-electron chi connectivity index (χ3n) is 5.04. The highest BCUT2D eigenvalue weighted by atomic mass is 32.2. The van der Waals surface area contributed by atoms with Crippen LogP contribution in [0.15, 0.2) is 35.4 Å². The lowest BCUT2D eigenvalue weighted by atomic mass is 10.1. The fraction of sp³-hybridized carbons (Fsp3) is 0.400. The van der Waals surface area contributed by atoms with E-state index in [1.807, 2.05) is 0 Å². The number of pyridine rings is 1. The zero-order valence-corrected chi connectivity index (χ0v) is 17.5. The van der Waals surface area contributed by atoms with Crippen molar-refractivity contribution in [2.45, 2.75) is 37.0 Å². The van der Waals surface area contributed by atoms with Crippen molar-refractivity contribution < 1.29 is 22.2 Å². The fourth-order valence-electron chi connectivity index (χ4n) is 3.36. The van der Waals surface area contributed by atoms with E-state index in [4.69, 9.17) is 4.78 Å². The van der Waals surface area contributed by atoms with Crippen molar-refractivity contribution in [1.29, 1.82) is 4.78 Å². The summed E-state index contributed by atoms with van der Waals surface area (Å²) >= 11 is 0. The number of halogens is 3. The quantitative estimate of drug-likeness (QED) is 0.736. The van der Waals surface area contributed by atoms with Crippen molar-refractivity contribution in [2.24, 2.45) is 0 Å². The van der Waals surface area contributed by atoms with Crippen LogP contribution in [0.2, 0.25) is 0 Å². The molecule has 3 rings (SSSR count). The SMILES string of the molecule is Cc1c(F)cnc(N2CCCC(F)(F)CC2)c1C(=O)Nc1cccc([S@](C)(=N)=O)c1. The topological polar surface area (TPSA) is 86.2 Å². The molecule has 0 unspecified atom stereocenters. The van der Waals surface area contributed by atoms with Gasteiger partial charge in [-0.25, -0.2) is 27.1 Å². The third kappa shape index (κ3) is 4.92. The van der Waals surface area contributed by atoms with Gasteiger partial charge in [0.05, 0.1) is 21.5 Å². The molecule has 2 N–H and O–H groups in total. The van der Waals surface area contributed by atoms with Crippen LogP contribution < -0.4 is 10.2 Å². The van der Waals surface area contributed by atoms with Crippen LogP contribution in [-0.2, 0) is 9.73 Å². The van der Waals surface area contributed by atoms with Crippen LogP contribution in [0.3, 0.4) is 0 Å². The number of anilines is 2. The lowest BCUT2D eigenvalue weighted by Gasteiger charge is -2.25. The van der Waals surface area contributed by atoms with Gasteiger partial charge in [0, 0.05) is 48.3 Å². The van der Waals surface area contributed by atoms with Gasteiger partial charge in [-0.2, -0.15) is 0 Å². The van der Waals surface area contributed by atoms with E-state index in [9.17, 15) is 22.2 Å². The van der Waals surface area contributed by atoms with E-state index in [-0.39, 0.29) is 59.9 Å². The number of nitrogens with one attached hydrogen (secondary N) is 2. The Morgan fingerprint density at radius 3 is 2.73 bits per heavy atom. The summed E-state index contributed by atoms with van der Waals surface area (Å²) in [5.41, 5.74) is 0.314. The van der Waals surface area contributed by atoms with Crippen molar-refractivity contribution in [3.05, 3.63) is 47.4 Å². The minimum atomic E-state index is -2.98. The first kappa shape index (κ1) is 22.1. The molecule has 1 aliphatic heterocycles. The lowest BCUT2D eigenvalue weighted by molar-refractivity contribution is -0.0102. The second-order valence-electron chi connectivity index (χ2n) is 7.45. The predicted octanol–water partition coefficient (Wildman–Crippen LogP) is 4.44. The molecule has 1 amide bonds. The molecule has 0 spiro atoms. The van der Waals surface area contributed by atoms with Gasteiger partial charge < -0.3 is 10.2 Å². The van der Waals surface area contributed by atoms with Crippen molar-refractivity contribution in [3.8, 4) is 0 Å². The third-order valence-corrected chi connectivity index (χ3v) is 6.20. The number of alkyl halides is 2. The summed E-state index contributed by atoms with van der Waals surface area (Å²) in [6.07, 6.45) is 1.85. The average Bonchev–Trinajstić information content (AvgIpc) is 2.84. The first-order chi connectivity index (χ1) is 14.0. The summed E-state index contributed by atoms with van der Waals surface area (Å²) in [5.74, 6) is -3.97. The standard InChI is InChI=1S/C20H23F3N4O2S/c1-13-16(21)12-25-18(27-9-4-7-20(22,23)8-10-27)17(13)19(28)26-14-5-3-6-15(11-14)30(2,24)29/h3,5-6,11-12,24H,4,7-10H2,1-2H3,(H,26,28)/t30-/m1/s1. The van der Waals surface area contributed by atoms with Gasteiger partial charge in [-0.05, 0) is 31.5 Å². The van der Waals surface area contributed by atoms with Crippen LogP contribution in [0, 0.1) is 17.5 Å². The molecule has 0 aliphatic carbocycles. The smallest absolute Gasteiger partial charge is 0.259 e. The average molecular weight is 440 g/mol. The predicted molar refractivity (Wildman–Crippen MR) is 109 cm³/mol. The van der Waals surface area contributed by atoms with Crippen LogP contribution in [0.25, 0.3) is 0 Å². The first-order valence-electron chi connectivity index (χ1n) is 9.41. The summed E-state index contributed by atoms with van der Waals surface area (Å²) in [4.78, 5) is 18.9. The molecule has 2 aromatic rings. The highest BCUT2D eigenvalue weighted by Gasteiger charge is 2.33. The lowest BCUT2D eigenvalue weighted by Crippen LogP contribution is -2.30. The number of aromatic nitrogens is 1. The van der Waals surface area contributed by atoms with Crippen molar-refractivity contribution in [2.75, 3.05) is 29.6 Å². The Morgan fingerprint density at radius 2 is 2.03 bits per heavy atom. The number of carbonyl (C=O) groups excluding carboxylic acids is 1. The minimum Gasteiger partial charge on any atom is -0.356 e. The summed E-state index contributed by atoms with van der Waals surface area (Å²) in [5, 5.41) is 2.62. The van der Waals surface area contributed by atoms with E-state index in [0.717, 1.165) is 6.20 Å². The van der Waals surface area contributed by atoms with E-state index < -0.39 is 27.4 Å². The number of benzene rings is 1. The van der Waals surface area contributed by atoms with Gasteiger partial charge in [-0.3, -0.25) is 4.79 Å². The molecule has 1 atom stereocenters. The first-order valence-corrected chi connectivity index (χ1v) is 11.4. The number of nitrogens with zero attached hydrogens (tertiary/aromatic N) is 2. The molecule has 1 saturated heterocycles. The highest BCUT2D eigenvalue weighted by molar-refractivity contribution is 7.91. The molecule has 1 aromatic carbocycles. The summed E-state index contributed by atoms with van der Waals surface area (Å²) < 4.78 is 61.4. The van der Waals surface area contributed by atoms with Gasteiger partial charge in [0.15, 0.2) is 0 Å². The Labute approximate surface area is 173 Å². The number of hydrogen-bond acceptors (Lipinski definition) is 5. The van der Waals surface area contributed by atoms with Gasteiger partial charge in [0.25, 0.3) is 5.91 Å². The van der Waals surface area contributed by atoms with Gasteiger partial charge in [0.2, 0.25) is 5.92 Å². The van der Waals surface area contributed by atoms with Gasteiger partial charge in [-0.15, -0.1) is 0 Å². The molecule has 1 aliphatic rings. The fourth-order valence-corrected chi connectivity index (χ4v) is 4.05. The highest BCUT2D eigenvalue weighted by Crippen LogP contribution is 2.32. The summed E-state index contributed by atoms with van der Waals surface area (Å²) in [7, 11) is -2.98. The van der Waals surface area contributed by atoms with Crippen LogP contribution >= 0.6 is 0 Å². The van der Waals surface area contributed by atoms with E-state index in [1.165, 1.54) is 25.3 Å². The number of carbonyl (C=O) groups is 1. The van der Waals surface area contributed by atoms with Crippen molar-refractivity contribution in [3.63, 3.8) is 0 Å². The molecule has 0 radical (unpaired) electrons. The number of hydrogen-bond donors (Lipinski definition) is 2. The minimum absolute atomic E-state index is 0.00240. The maximum atomic E-state index is 14.2. The zero-order chi connectivity index (χ0) is 22.1. The van der Waals surface area contributed by atoms with Crippen LogP contribution in [-0.4, -0.2) is 40.4 Å². The molecular formula is C20H23F3N4O2S.